The molecule has 0 saturated carbocycles. The van der Waals surface area contributed by atoms with Crippen LogP contribution in [0.2, 0.25) is 0 Å². The maximum Gasteiger partial charge on any atom is 0.405 e. The van der Waals surface area contributed by atoms with E-state index in [9.17, 15) is 27.2 Å². The summed E-state index contributed by atoms with van der Waals surface area (Å²) in [5, 5.41) is 1.80. The van der Waals surface area contributed by atoms with Crippen LogP contribution in [-0.4, -0.2) is 49.1 Å². The second kappa shape index (κ2) is 8.20. The summed E-state index contributed by atoms with van der Waals surface area (Å²) < 4.78 is 55.0. The molecule has 1 atom stereocenters. The standard InChI is InChI=1S/C17H18F4N2O3/c1-26-14-6-4-11(9-12(14)18)5-7-15(24)23-8-2-3-13(23)16(25)22-10-17(19,20)21/h4-7,9,13H,2-3,8,10H2,1H3,(H,22,25). The van der Waals surface area contributed by atoms with Crippen LogP contribution >= 0.6 is 0 Å². The van der Waals surface area contributed by atoms with Crippen molar-refractivity contribution in [1.29, 1.82) is 0 Å². The molecule has 142 valence electrons. The van der Waals surface area contributed by atoms with Crippen LogP contribution in [0.1, 0.15) is 18.4 Å². The van der Waals surface area contributed by atoms with E-state index < -0.39 is 36.4 Å². The average Bonchev–Trinajstić information content (AvgIpc) is 3.07. The zero-order valence-electron chi connectivity index (χ0n) is 14.0. The molecule has 1 N–H and O–H groups in total. The number of hydrogen-bond acceptors (Lipinski definition) is 3. The highest BCUT2D eigenvalue weighted by atomic mass is 19.4. The number of likely N-dealkylation sites (tertiary alicyclic amines) is 1. The lowest BCUT2D eigenvalue weighted by atomic mass is 10.2. The third kappa shape index (κ3) is 5.21. The number of rotatable bonds is 5. The summed E-state index contributed by atoms with van der Waals surface area (Å²) in [6.07, 6.45) is -1.17. The topological polar surface area (TPSA) is 58.6 Å². The van der Waals surface area contributed by atoms with Crippen LogP contribution in [0.15, 0.2) is 24.3 Å². The summed E-state index contributed by atoms with van der Waals surface area (Å²) in [4.78, 5) is 25.4. The van der Waals surface area contributed by atoms with Gasteiger partial charge < -0.3 is 15.0 Å². The van der Waals surface area contributed by atoms with Gasteiger partial charge in [-0.2, -0.15) is 13.2 Å². The predicted molar refractivity (Wildman–Crippen MR) is 85.8 cm³/mol. The molecule has 0 aliphatic carbocycles. The highest BCUT2D eigenvalue weighted by Gasteiger charge is 2.35. The number of carbonyl (C=O) groups excluding carboxylic acids is 2. The fraction of sp³-hybridized carbons (Fsp3) is 0.412. The SMILES string of the molecule is COc1ccc(C=CC(=O)N2CCCC2C(=O)NCC(F)(F)F)cc1F. The number of methoxy groups -OCH3 is 1. The summed E-state index contributed by atoms with van der Waals surface area (Å²) in [6, 6.07) is 3.19. The van der Waals surface area contributed by atoms with Gasteiger partial charge in [-0.1, -0.05) is 6.07 Å². The molecule has 1 fully saturated rings. The first-order valence-electron chi connectivity index (χ1n) is 7.88. The van der Waals surface area contributed by atoms with Gasteiger partial charge in [0.05, 0.1) is 7.11 Å². The Morgan fingerprint density at radius 1 is 1.38 bits per heavy atom. The number of nitrogens with one attached hydrogen (secondary N) is 1. The number of benzene rings is 1. The normalized spacial score (nSPS) is 17.6. The van der Waals surface area contributed by atoms with E-state index in [2.05, 4.69) is 0 Å². The van der Waals surface area contributed by atoms with Crippen molar-refractivity contribution in [1.82, 2.24) is 10.2 Å². The molecule has 1 aromatic carbocycles. The molecule has 0 aromatic heterocycles. The minimum atomic E-state index is -4.51. The summed E-state index contributed by atoms with van der Waals surface area (Å²) in [7, 11) is 1.33. The Hall–Kier alpha value is -2.58. The van der Waals surface area contributed by atoms with Crippen molar-refractivity contribution in [3.05, 3.63) is 35.7 Å². The van der Waals surface area contributed by atoms with Crippen LogP contribution in [0, 0.1) is 5.82 Å². The molecule has 1 aliphatic heterocycles. The molecule has 2 rings (SSSR count). The van der Waals surface area contributed by atoms with Gasteiger partial charge in [0.1, 0.15) is 12.6 Å². The quantitative estimate of drug-likeness (QED) is 0.637. The number of carbonyl (C=O) groups is 2. The fourth-order valence-electron chi connectivity index (χ4n) is 2.66. The zero-order chi connectivity index (χ0) is 19.3. The highest BCUT2D eigenvalue weighted by molar-refractivity contribution is 5.96. The van der Waals surface area contributed by atoms with Crippen LogP contribution < -0.4 is 10.1 Å². The molecule has 0 bridgehead atoms. The number of hydrogen-bond donors (Lipinski definition) is 1. The Morgan fingerprint density at radius 3 is 2.73 bits per heavy atom. The van der Waals surface area contributed by atoms with E-state index in [1.54, 1.807) is 11.4 Å². The van der Waals surface area contributed by atoms with E-state index in [0.29, 0.717) is 18.4 Å². The van der Waals surface area contributed by atoms with Crippen molar-refractivity contribution in [2.75, 3.05) is 20.2 Å². The molecular weight excluding hydrogens is 356 g/mol. The molecule has 2 amide bonds. The molecule has 1 saturated heterocycles. The van der Waals surface area contributed by atoms with E-state index in [-0.39, 0.29) is 12.3 Å². The Kier molecular flexibility index (Phi) is 6.23. The Labute approximate surface area is 147 Å². The first-order chi connectivity index (χ1) is 12.2. The maximum atomic E-state index is 13.6. The summed E-state index contributed by atoms with van der Waals surface area (Å²) in [5.74, 6) is -1.88. The lowest BCUT2D eigenvalue weighted by Gasteiger charge is -2.23. The molecule has 5 nitrogen and oxygen atoms in total. The third-order valence-corrected chi connectivity index (χ3v) is 3.90. The average molecular weight is 374 g/mol. The van der Waals surface area contributed by atoms with Crippen LogP contribution in [0.3, 0.4) is 0 Å². The van der Waals surface area contributed by atoms with E-state index in [0.717, 1.165) is 6.08 Å². The number of ether oxygens (including phenoxy) is 1. The van der Waals surface area contributed by atoms with Gasteiger partial charge in [-0.05, 0) is 36.6 Å². The zero-order valence-corrected chi connectivity index (χ0v) is 14.0. The van der Waals surface area contributed by atoms with Crippen molar-refractivity contribution >= 4 is 17.9 Å². The second-order valence-corrected chi connectivity index (χ2v) is 5.75. The molecule has 0 radical (unpaired) electrons. The summed E-state index contributed by atoms with van der Waals surface area (Å²) >= 11 is 0. The molecule has 9 heteroatoms. The van der Waals surface area contributed by atoms with Crippen molar-refractivity contribution in [2.24, 2.45) is 0 Å². The summed E-state index contributed by atoms with van der Waals surface area (Å²) in [5.41, 5.74) is 0.411. The number of amides is 2. The minimum absolute atomic E-state index is 0.0643. The summed E-state index contributed by atoms with van der Waals surface area (Å²) in [6.45, 7) is -1.17. The van der Waals surface area contributed by atoms with Crippen molar-refractivity contribution in [3.63, 3.8) is 0 Å². The van der Waals surface area contributed by atoms with Crippen LogP contribution in [0.4, 0.5) is 17.6 Å². The Balaban J connectivity index is 2.01. The van der Waals surface area contributed by atoms with E-state index >= 15 is 0 Å². The van der Waals surface area contributed by atoms with Gasteiger partial charge in [-0.3, -0.25) is 9.59 Å². The minimum Gasteiger partial charge on any atom is -0.494 e. The van der Waals surface area contributed by atoms with Crippen LogP contribution in [0.25, 0.3) is 6.08 Å². The van der Waals surface area contributed by atoms with E-state index in [1.807, 2.05) is 0 Å². The lowest BCUT2D eigenvalue weighted by molar-refractivity contribution is -0.143. The molecule has 0 spiro atoms. The van der Waals surface area contributed by atoms with Crippen molar-refractivity contribution in [3.8, 4) is 5.75 Å². The van der Waals surface area contributed by atoms with Crippen LogP contribution in [-0.2, 0) is 9.59 Å². The van der Waals surface area contributed by atoms with Crippen molar-refractivity contribution in [2.45, 2.75) is 25.1 Å². The highest BCUT2D eigenvalue weighted by Crippen LogP contribution is 2.21. The maximum absolute atomic E-state index is 13.6. The Bertz CT molecular complexity index is 704. The Morgan fingerprint density at radius 2 is 2.12 bits per heavy atom. The molecule has 1 unspecified atom stereocenters. The fourth-order valence-corrected chi connectivity index (χ4v) is 2.66. The predicted octanol–water partition coefficient (Wildman–Crippen LogP) is 2.52. The largest absolute Gasteiger partial charge is 0.494 e. The van der Waals surface area contributed by atoms with E-state index in [1.165, 1.54) is 30.2 Å². The van der Waals surface area contributed by atoms with Gasteiger partial charge in [0.25, 0.3) is 0 Å². The third-order valence-electron chi connectivity index (χ3n) is 3.90. The molecule has 1 aromatic rings. The number of halogens is 4. The van der Waals surface area contributed by atoms with Crippen molar-refractivity contribution < 1.29 is 31.9 Å². The molecular formula is C17H18F4N2O3. The molecule has 1 aliphatic rings. The van der Waals surface area contributed by atoms with Gasteiger partial charge in [0, 0.05) is 12.6 Å². The first-order valence-corrected chi connectivity index (χ1v) is 7.88. The monoisotopic (exact) mass is 374 g/mol. The first kappa shape index (κ1) is 19.7. The lowest BCUT2D eigenvalue weighted by Crippen LogP contribution is -2.47. The van der Waals surface area contributed by atoms with Gasteiger partial charge in [-0.25, -0.2) is 4.39 Å². The van der Waals surface area contributed by atoms with E-state index in [4.69, 9.17) is 4.74 Å². The van der Waals surface area contributed by atoms with Gasteiger partial charge in [-0.15, -0.1) is 0 Å². The second-order valence-electron chi connectivity index (χ2n) is 5.75. The number of alkyl halides is 3. The smallest absolute Gasteiger partial charge is 0.405 e. The van der Waals surface area contributed by atoms with Crippen LogP contribution in [0.5, 0.6) is 5.75 Å². The molecule has 1 heterocycles. The van der Waals surface area contributed by atoms with Gasteiger partial charge in [0.15, 0.2) is 11.6 Å². The van der Waals surface area contributed by atoms with Gasteiger partial charge in [0.2, 0.25) is 11.8 Å². The number of nitrogens with zero attached hydrogens (tertiary/aromatic N) is 1. The van der Waals surface area contributed by atoms with Gasteiger partial charge >= 0.3 is 6.18 Å². The molecule has 26 heavy (non-hydrogen) atoms.